The summed E-state index contributed by atoms with van der Waals surface area (Å²) < 4.78 is 5.22. The Bertz CT molecular complexity index is 263. The molecule has 66 valence electrons. The Hall–Kier alpha value is -0.730. The van der Waals surface area contributed by atoms with Crippen molar-refractivity contribution in [3.05, 3.63) is 28.8 Å². The van der Waals surface area contributed by atoms with E-state index < -0.39 is 0 Å². The zero-order valence-electron chi connectivity index (χ0n) is 7.01. The first-order chi connectivity index (χ1) is 5.75. The van der Waals surface area contributed by atoms with Crippen LogP contribution in [0.1, 0.15) is 12.5 Å². The predicted octanol–water partition coefficient (Wildman–Crippen LogP) is 2.46. The van der Waals surface area contributed by atoms with Gasteiger partial charge in [-0.05, 0) is 13.0 Å². The number of nitrogens with two attached hydrogens (primary N) is 1. The lowest BCUT2D eigenvalue weighted by Crippen LogP contribution is -1.98. The number of ether oxygens (including phenoxy) is 1. The molecule has 0 saturated heterocycles. The second kappa shape index (κ2) is 4.33. The molecule has 0 unspecified atom stereocenters. The maximum Gasteiger partial charge on any atom is 0.0737 e. The molecule has 0 saturated carbocycles. The Kier molecular flexibility index (Phi) is 3.38. The van der Waals surface area contributed by atoms with Crippen LogP contribution in [0.5, 0.6) is 0 Å². The van der Waals surface area contributed by atoms with E-state index in [1.54, 1.807) is 6.07 Å². The molecular weight excluding hydrogens is 174 g/mol. The van der Waals surface area contributed by atoms with Gasteiger partial charge < -0.3 is 10.5 Å². The fourth-order valence-corrected chi connectivity index (χ4v) is 1.11. The monoisotopic (exact) mass is 185 g/mol. The van der Waals surface area contributed by atoms with Crippen molar-refractivity contribution in [3.63, 3.8) is 0 Å². The number of nitrogen functional groups attached to an aromatic ring is 1. The van der Waals surface area contributed by atoms with Gasteiger partial charge in [0, 0.05) is 12.2 Å². The minimum Gasteiger partial charge on any atom is -0.397 e. The number of benzene rings is 1. The first kappa shape index (κ1) is 9.36. The van der Waals surface area contributed by atoms with Crippen molar-refractivity contribution in [3.8, 4) is 0 Å². The second-order valence-corrected chi connectivity index (χ2v) is 2.86. The third-order valence-corrected chi connectivity index (χ3v) is 1.93. The van der Waals surface area contributed by atoms with Gasteiger partial charge in [0.25, 0.3) is 0 Å². The molecule has 2 nitrogen and oxygen atoms in total. The van der Waals surface area contributed by atoms with Crippen molar-refractivity contribution < 1.29 is 4.74 Å². The molecule has 0 radical (unpaired) electrons. The third kappa shape index (κ3) is 2.13. The number of hydrogen-bond acceptors (Lipinski definition) is 2. The molecule has 0 heterocycles. The van der Waals surface area contributed by atoms with Gasteiger partial charge in [0.05, 0.1) is 17.3 Å². The van der Waals surface area contributed by atoms with Crippen molar-refractivity contribution in [1.29, 1.82) is 0 Å². The summed E-state index contributed by atoms with van der Waals surface area (Å²) >= 11 is 5.81. The average Bonchev–Trinajstić information content (AvgIpc) is 2.08. The van der Waals surface area contributed by atoms with E-state index in [9.17, 15) is 0 Å². The lowest BCUT2D eigenvalue weighted by Gasteiger charge is -2.06. The summed E-state index contributed by atoms with van der Waals surface area (Å²) in [6, 6.07) is 5.55. The smallest absolute Gasteiger partial charge is 0.0737 e. The summed E-state index contributed by atoms with van der Waals surface area (Å²) in [6.07, 6.45) is 0. The molecular formula is C9H12ClNO. The quantitative estimate of drug-likeness (QED) is 0.735. The Morgan fingerprint density at radius 2 is 2.25 bits per heavy atom. The summed E-state index contributed by atoms with van der Waals surface area (Å²) in [5.41, 5.74) is 7.28. The van der Waals surface area contributed by atoms with E-state index >= 15 is 0 Å². The number of rotatable bonds is 3. The van der Waals surface area contributed by atoms with Gasteiger partial charge in [-0.2, -0.15) is 0 Å². The molecule has 0 aliphatic carbocycles. The van der Waals surface area contributed by atoms with E-state index in [1.807, 2.05) is 19.1 Å². The van der Waals surface area contributed by atoms with E-state index in [2.05, 4.69) is 0 Å². The maximum absolute atomic E-state index is 5.81. The van der Waals surface area contributed by atoms with Crippen LogP contribution in [0.3, 0.4) is 0 Å². The first-order valence-electron chi connectivity index (χ1n) is 3.86. The molecule has 1 aromatic rings. The highest BCUT2D eigenvalue weighted by atomic mass is 35.5. The van der Waals surface area contributed by atoms with Gasteiger partial charge in [0.2, 0.25) is 0 Å². The van der Waals surface area contributed by atoms with Gasteiger partial charge in [0.1, 0.15) is 0 Å². The van der Waals surface area contributed by atoms with E-state index in [0.717, 1.165) is 5.56 Å². The molecule has 0 atom stereocenters. The summed E-state index contributed by atoms with van der Waals surface area (Å²) in [5.74, 6) is 0. The molecule has 0 aliphatic rings. The molecule has 0 aliphatic heterocycles. The van der Waals surface area contributed by atoms with Crippen molar-refractivity contribution >= 4 is 17.3 Å². The summed E-state index contributed by atoms with van der Waals surface area (Å²) in [5, 5.41) is 0.590. The second-order valence-electron chi connectivity index (χ2n) is 2.45. The highest BCUT2D eigenvalue weighted by Crippen LogP contribution is 2.22. The molecule has 0 fully saturated rings. The van der Waals surface area contributed by atoms with Crippen LogP contribution in [0, 0.1) is 0 Å². The zero-order valence-corrected chi connectivity index (χ0v) is 7.77. The van der Waals surface area contributed by atoms with Crippen LogP contribution in [-0.4, -0.2) is 6.61 Å². The molecule has 0 aromatic heterocycles. The Morgan fingerprint density at radius 1 is 1.50 bits per heavy atom. The van der Waals surface area contributed by atoms with Crippen LogP contribution in [0.2, 0.25) is 5.02 Å². The molecule has 3 heteroatoms. The van der Waals surface area contributed by atoms with E-state index in [0.29, 0.717) is 23.9 Å². The Balaban J connectivity index is 2.78. The average molecular weight is 186 g/mol. The van der Waals surface area contributed by atoms with Crippen molar-refractivity contribution in [1.82, 2.24) is 0 Å². The minimum atomic E-state index is 0.531. The van der Waals surface area contributed by atoms with E-state index in [-0.39, 0.29) is 0 Å². The molecule has 0 amide bonds. The molecule has 1 aromatic carbocycles. The topological polar surface area (TPSA) is 35.2 Å². The predicted molar refractivity (Wildman–Crippen MR) is 51.2 cm³/mol. The lowest BCUT2D eigenvalue weighted by molar-refractivity contribution is 0.134. The summed E-state index contributed by atoms with van der Waals surface area (Å²) in [6.45, 7) is 3.16. The van der Waals surface area contributed by atoms with Gasteiger partial charge in [-0.3, -0.25) is 0 Å². The van der Waals surface area contributed by atoms with E-state index in [1.165, 1.54) is 0 Å². The van der Waals surface area contributed by atoms with Crippen molar-refractivity contribution in [2.75, 3.05) is 12.3 Å². The van der Waals surface area contributed by atoms with Gasteiger partial charge in [0.15, 0.2) is 0 Å². The standard InChI is InChI=1S/C9H12ClNO/c1-2-12-6-7-4-3-5-8(10)9(7)11/h3-5H,2,6,11H2,1H3. The van der Waals surface area contributed by atoms with Gasteiger partial charge in [-0.15, -0.1) is 0 Å². The normalized spacial score (nSPS) is 10.2. The fraction of sp³-hybridized carbons (Fsp3) is 0.333. The molecule has 12 heavy (non-hydrogen) atoms. The number of hydrogen-bond donors (Lipinski definition) is 1. The summed E-state index contributed by atoms with van der Waals surface area (Å²) in [7, 11) is 0. The highest BCUT2D eigenvalue weighted by Gasteiger charge is 2.01. The first-order valence-corrected chi connectivity index (χ1v) is 4.24. The molecule has 0 spiro atoms. The number of halogens is 1. The van der Waals surface area contributed by atoms with Gasteiger partial charge >= 0.3 is 0 Å². The van der Waals surface area contributed by atoms with Crippen molar-refractivity contribution in [2.45, 2.75) is 13.5 Å². The SMILES string of the molecule is CCOCc1cccc(Cl)c1N. The van der Waals surface area contributed by atoms with Gasteiger partial charge in [-0.25, -0.2) is 0 Å². The lowest BCUT2D eigenvalue weighted by atomic mass is 10.2. The molecule has 1 rings (SSSR count). The molecule has 0 bridgehead atoms. The van der Waals surface area contributed by atoms with Gasteiger partial charge in [-0.1, -0.05) is 23.7 Å². The van der Waals surface area contributed by atoms with Crippen LogP contribution < -0.4 is 5.73 Å². The van der Waals surface area contributed by atoms with E-state index in [4.69, 9.17) is 22.1 Å². The van der Waals surface area contributed by atoms with Crippen LogP contribution in [-0.2, 0) is 11.3 Å². The largest absolute Gasteiger partial charge is 0.397 e. The Morgan fingerprint density at radius 3 is 2.92 bits per heavy atom. The third-order valence-electron chi connectivity index (χ3n) is 1.60. The maximum atomic E-state index is 5.81. The number of anilines is 1. The molecule has 2 N–H and O–H groups in total. The zero-order chi connectivity index (χ0) is 8.97. The number of para-hydroxylation sites is 1. The van der Waals surface area contributed by atoms with Crippen molar-refractivity contribution in [2.24, 2.45) is 0 Å². The highest BCUT2D eigenvalue weighted by molar-refractivity contribution is 6.33. The Labute approximate surface area is 77.3 Å². The fourth-order valence-electron chi connectivity index (χ4n) is 0.920. The minimum absolute atomic E-state index is 0.531. The van der Waals surface area contributed by atoms with Crippen LogP contribution in [0.15, 0.2) is 18.2 Å². The van der Waals surface area contributed by atoms with Crippen LogP contribution >= 0.6 is 11.6 Å². The summed E-state index contributed by atoms with van der Waals surface area (Å²) in [4.78, 5) is 0. The van der Waals surface area contributed by atoms with Crippen LogP contribution in [0.4, 0.5) is 5.69 Å². The van der Waals surface area contributed by atoms with Crippen LogP contribution in [0.25, 0.3) is 0 Å².